The molecule has 1 rings (SSSR count). The molecule has 1 aliphatic heterocycles. The molecular formula is C24H50NO4P. The summed E-state index contributed by atoms with van der Waals surface area (Å²) in [5.41, 5.74) is 0. The van der Waals surface area contributed by atoms with Crippen LogP contribution in [0.15, 0.2) is 0 Å². The molecule has 0 aromatic rings. The van der Waals surface area contributed by atoms with E-state index in [1.807, 2.05) is 0 Å². The lowest BCUT2D eigenvalue weighted by molar-refractivity contribution is -0.879. The third-order valence-electron chi connectivity index (χ3n) is 6.28. The van der Waals surface area contributed by atoms with Crippen LogP contribution < -0.4 is 4.89 Å². The first kappa shape index (κ1) is 28.1. The lowest BCUT2D eigenvalue weighted by atomic mass is 10.0. The molecule has 0 aromatic carbocycles. The quantitative estimate of drug-likeness (QED) is 0.120. The van der Waals surface area contributed by atoms with Gasteiger partial charge < -0.3 is 18.4 Å². The number of rotatable bonds is 20. The molecule has 1 saturated heterocycles. The smallest absolute Gasteiger partial charge is 0.268 e. The summed E-state index contributed by atoms with van der Waals surface area (Å²) in [5, 5.41) is 0. The highest BCUT2D eigenvalue weighted by Gasteiger charge is 2.33. The molecule has 1 heterocycles. The van der Waals surface area contributed by atoms with E-state index < -0.39 is 7.82 Å². The summed E-state index contributed by atoms with van der Waals surface area (Å²) in [6.45, 7) is 4.21. The molecule has 1 aliphatic rings. The van der Waals surface area contributed by atoms with E-state index in [4.69, 9.17) is 9.05 Å². The molecule has 2 atom stereocenters. The van der Waals surface area contributed by atoms with Crippen LogP contribution in [0.4, 0.5) is 0 Å². The van der Waals surface area contributed by atoms with Crippen LogP contribution >= 0.6 is 7.82 Å². The summed E-state index contributed by atoms with van der Waals surface area (Å²) < 4.78 is 23.0. The summed E-state index contributed by atoms with van der Waals surface area (Å²) in [6.07, 6.45) is 21.4. The van der Waals surface area contributed by atoms with Crippen LogP contribution in [-0.2, 0) is 13.6 Å². The van der Waals surface area contributed by atoms with E-state index in [1.165, 1.54) is 89.9 Å². The zero-order valence-electron chi connectivity index (χ0n) is 20.2. The van der Waals surface area contributed by atoms with E-state index >= 15 is 0 Å². The maximum atomic E-state index is 11.9. The van der Waals surface area contributed by atoms with Gasteiger partial charge in [0.15, 0.2) is 0 Å². The predicted octanol–water partition coefficient (Wildman–Crippen LogP) is 6.60. The Morgan fingerprint density at radius 3 is 1.63 bits per heavy atom. The maximum Gasteiger partial charge on any atom is 0.268 e. The molecule has 0 spiro atoms. The number of likely N-dealkylation sites (tertiary alicyclic amines) is 1. The fourth-order valence-corrected chi connectivity index (χ4v) is 5.30. The number of unbranched alkanes of at least 4 members (excludes halogenated alkanes) is 15. The molecule has 2 unspecified atom stereocenters. The number of hydrogen-bond donors (Lipinski definition) is 0. The summed E-state index contributed by atoms with van der Waals surface area (Å²) in [5.74, 6) is 0. The Labute approximate surface area is 187 Å². The Balaban J connectivity index is 1.81. The molecule has 30 heavy (non-hydrogen) atoms. The summed E-state index contributed by atoms with van der Waals surface area (Å²) in [6, 6.07) is 0. The Hall–Kier alpha value is 0.0700. The summed E-state index contributed by atoms with van der Waals surface area (Å²) in [7, 11) is 0.0395. The second-order valence-corrected chi connectivity index (χ2v) is 11.3. The largest absolute Gasteiger partial charge is 0.756 e. The molecule has 0 aromatic heterocycles. The molecule has 0 amide bonds. The Bertz CT molecular complexity index is 458. The van der Waals surface area contributed by atoms with E-state index in [0.717, 1.165) is 36.8 Å². The van der Waals surface area contributed by atoms with Crippen molar-refractivity contribution in [3.63, 3.8) is 0 Å². The molecular weight excluding hydrogens is 397 g/mol. The number of phosphoric acid groups is 1. The van der Waals surface area contributed by atoms with Gasteiger partial charge in [0.1, 0.15) is 12.6 Å². The number of nitrogens with zero attached hydrogens (tertiary/aromatic N) is 1. The minimum Gasteiger partial charge on any atom is -0.756 e. The van der Waals surface area contributed by atoms with Crippen LogP contribution in [0.1, 0.15) is 116 Å². The zero-order valence-corrected chi connectivity index (χ0v) is 21.1. The Morgan fingerprint density at radius 1 is 0.800 bits per heavy atom. The third-order valence-corrected chi connectivity index (χ3v) is 7.33. The fraction of sp³-hybridized carbons (Fsp3) is 1.00. The topological polar surface area (TPSA) is 58.6 Å². The van der Waals surface area contributed by atoms with Gasteiger partial charge >= 0.3 is 0 Å². The second kappa shape index (κ2) is 16.7. The van der Waals surface area contributed by atoms with Crippen molar-refractivity contribution in [2.45, 2.75) is 122 Å². The van der Waals surface area contributed by atoms with E-state index in [9.17, 15) is 9.46 Å². The van der Waals surface area contributed by atoms with Crippen molar-refractivity contribution in [3.05, 3.63) is 0 Å². The van der Waals surface area contributed by atoms with Gasteiger partial charge in [-0.15, -0.1) is 0 Å². The third kappa shape index (κ3) is 15.8. The predicted molar refractivity (Wildman–Crippen MR) is 124 cm³/mol. The molecule has 180 valence electrons. The van der Waals surface area contributed by atoms with E-state index in [2.05, 4.69) is 21.0 Å². The van der Waals surface area contributed by atoms with Gasteiger partial charge in [-0.1, -0.05) is 103 Å². The van der Waals surface area contributed by atoms with Gasteiger partial charge in [-0.25, -0.2) is 0 Å². The minimum absolute atomic E-state index is 0.228. The monoisotopic (exact) mass is 447 g/mol. The average molecular weight is 448 g/mol. The number of phosphoric ester groups is 1. The zero-order chi connectivity index (χ0) is 22.1. The lowest BCUT2D eigenvalue weighted by Crippen LogP contribution is -2.37. The fourth-order valence-electron chi connectivity index (χ4n) is 4.35. The first-order valence-corrected chi connectivity index (χ1v) is 14.3. The molecule has 0 aliphatic carbocycles. The van der Waals surface area contributed by atoms with Gasteiger partial charge in [-0.3, -0.25) is 4.57 Å². The van der Waals surface area contributed by atoms with E-state index in [0.29, 0.717) is 0 Å². The van der Waals surface area contributed by atoms with Crippen LogP contribution in [0.25, 0.3) is 0 Å². The van der Waals surface area contributed by atoms with Crippen molar-refractivity contribution >= 4 is 7.82 Å². The van der Waals surface area contributed by atoms with Crippen LogP contribution in [-0.4, -0.2) is 44.4 Å². The summed E-state index contributed by atoms with van der Waals surface area (Å²) >= 11 is 0. The SMILES string of the molecule is CCCCCCCCCCCCCCCCCCOP(=O)([O-])OC1CC[N+](C)(C)C1. The van der Waals surface area contributed by atoms with Gasteiger partial charge in [0.25, 0.3) is 7.82 Å². The first-order chi connectivity index (χ1) is 14.3. The Morgan fingerprint density at radius 2 is 1.23 bits per heavy atom. The summed E-state index contributed by atoms with van der Waals surface area (Å²) in [4.78, 5) is 11.9. The highest BCUT2D eigenvalue weighted by Crippen LogP contribution is 2.42. The van der Waals surface area contributed by atoms with Crippen molar-refractivity contribution in [1.82, 2.24) is 0 Å². The lowest BCUT2D eigenvalue weighted by Gasteiger charge is -2.27. The van der Waals surface area contributed by atoms with E-state index in [-0.39, 0.29) is 12.7 Å². The van der Waals surface area contributed by atoms with Crippen LogP contribution in [0, 0.1) is 0 Å². The number of quaternary nitrogens is 1. The highest BCUT2D eigenvalue weighted by atomic mass is 31.2. The first-order valence-electron chi connectivity index (χ1n) is 12.8. The van der Waals surface area contributed by atoms with Crippen molar-refractivity contribution in [3.8, 4) is 0 Å². The van der Waals surface area contributed by atoms with Crippen LogP contribution in [0.5, 0.6) is 0 Å². The second-order valence-electron chi connectivity index (χ2n) is 9.94. The van der Waals surface area contributed by atoms with Crippen LogP contribution in [0.2, 0.25) is 0 Å². The molecule has 6 heteroatoms. The van der Waals surface area contributed by atoms with Gasteiger partial charge in [0.05, 0.1) is 27.2 Å². The average Bonchev–Trinajstić information content (AvgIpc) is 3.01. The normalized spacial score (nSPS) is 20.5. The van der Waals surface area contributed by atoms with E-state index in [1.54, 1.807) is 0 Å². The van der Waals surface area contributed by atoms with Gasteiger partial charge in [0.2, 0.25) is 0 Å². The molecule has 0 bridgehead atoms. The maximum absolute atomic E-state index is 11.9. The standard InChI is InChI=1S/C24H50NO4P/c1-4-5-6-7-8-9-10-11-12-13-14-15-16-17-18-19-22-28-30(26,27)29-24-20-21-25(2,3)23-24/h24H,4-23H2,1-3H3. The molecule has 5 nitrogen and oxygen atoms in total. The van der Waals surface area contributed by atoms with Crippen molar-refractivity contribution < 1.29 is 23.0 Å². The number of hydrogen-bond acceptors (Lipinski definition) is 4. The van der Waals surface area contributed by atoms with Gasteiger partial charge in [-0.2, -0.15) is 0 Å². The van der Waals surface area contributed by atoms with Gasteiger partial charge in [0, 0.05) is 6.42 Å². The molecule has 0 N–H and O–H groups in total. The number of likely N-dealkylation sites (N-methyl/N-ethyl adjacent to an activating group) is 1. The molecule has 0 radical (unpaired) electrons. The van der Waals surface area contributed by atoms with Crippen molar-refractivity contribution in [2.24, 2.45) is 0 Å². The minimum atomic E-state index is -4.15. The van der Waals surface area contributed by atoms with Crippen molar-refractivity contribution in [1.29, 1.82) is 0 Å². The molecule has 0 saturated carbocycles. The van der Waals surface area contributed by atoms with Crippen LogP contribution in [0.3, 0.4) is 0 Å². The Kier molecular flexibility index (Phi) is 15.6. The van der Waals surface area contributed by atoms with Gasteiger partial charge in [-0.05, 0) is 6.42 Å². The van der Waals surface area contributed by atoms with Crippen molar-refractivity contribution in [2.75, 3.05) is 33.8 Å². The molecule has 1 fully saturated rings. The highest BCUT2D eigenvalue weighted by molar-refractivity contribution is 7.45.